The van der Waals surface area contributed by atoms with Gasteiger partial charge in [-0.25, -0.2) is 0 Å². The lowest BCUT2D eigenvalue weighted by Gasteiger charge is -2.22. The molecule has 0 fully saturated rings. The first kappa shape index (κ1) is 101. The summed E-state index contributed by atoms with van der Waals surface area (Å²) in [5.74, 6) is 5.20. The summed E-state index contributed by atoms with van der Waals surface area (Å²) in [6.07, 6.45) is 6.26. The molecule has 119 heavy (non-hydrogen) atoms. The minimum absolute atomic E-state index is 0. The number of aryl methyl sites for hydroxylation is 6. The van der Waals surface area contributed by atoms with Crippen LogP contribution < -0.4 is 45.0 Å². The average Bonchev–Trinajstić information content (AvgIpc) is 0.878. The first-order valence-corrected chi connectivity index (χ1v) is 41.5. The summed E-state index contributed by atoms with van der Waals surface area (Å²) in [4.78, 5) is 4.34. The molecule has 6 atom stereocenters. The maximum Gasteiger partial charge on any atom is 0.125 e. The Labute approximate surface area is 731 Å². The molecule has 0 saturated carbocycles. The zero-order valence-corrected chi connectivity index (χ0v) is 75.1. The van der Waals surface area contributed by atoms with Crippen molar-refractivity contribution in [2.75, 3.05) is 95.6 Å². The molecule has 0 aliphatic carbocycles. The van der Waals surface area contributed by atoms with Gasteiger partial charge in [-0.3, -0.25) is 0 Å². The Balaban J connectivity index is 0.000000294. The number of phenols is 1. The number of aromatic hydroxyl groups is 1. The lowest BCUT2D eigenvalue weighted by molar-refractivity contribution is 0.178. The van der Waals surface area contributed by atoms with E-state index in [0.29, 0.717) is 5.75 Å². The molecule has 12 rings (SSSR count). The van der Waals surface area contributed by atoms with Crippen molar-refractivity contribution in [1.82, 2.24) is 31.1 Å². The Morgan fingerprint density at radius 2 is 0.437 bits per heavy atom. The molecule has 0 amide bonds. The second-order valence-electron chi connectivity index (χ2n) is 29.3. The van der Waals surface area contributed by atoms with E-state index in [4.69, 9.17) is 40.4 Å². The second kappa shape index (κ2) is 60.5. The van der Waals surface area contributed by atoms with Crippen molar-refractivity contribution in [1.29, 1.82) is 0 Å². The molecule has 0 aliphatic rings. The summed E-state index contributed by atoms with van der Waals surface area (Å²) in [6, 6.07) is 110. The van der Waals surface area contributed by atoms with Crippen LogP contribution in [0.15, 0.2) is 328 Å². The van der Waals surface area contributed by atoms with Gasteiger partial charge in [-0.15, -0.1) is 36.4 Å². The van der Waals surface area contributed by atoms with Crippen LogP contribution in [0.3, 0.4) is 0 Å². The second-order valence-corrected chi connectivity index (χ2v) is 29.9. The number of rotatable bonds is 34. The standard InChI is InChI=1S/C18H23NO.4C17H21NO.C11H16ClN.C7H8O.2ClH/c1-15-9-7-8-12-17(15)20-18(13-14-19(2)3)16-10-5-4-6-11-16;4*1-14-8-6-7-11-16(14)19-17(12-13-18-2)15-9-4-3-5-10-15;1-13(2)9-8-11(12)10-6-4-3-5-7-10;1-6-4-2-3-5-7(6)8;;/h4-12,18H,13-14H2,1-3H3;4*3-11,17-18H,12-13H2,1-2H3;3-7,11H,8-9H2,1-2H3;2-5,8H,1H3;2*1H/t;3*17-;;;;;/m.111...../s1. The van der Waals surface area contributed by atoms with E-state index in [1.54, 1.807) is 6.07 Å². The third kappa shape index (κ3) is 40.1. The van der Waals surface area contributed by atoms with E-state index in [2.05, 4.69) is 258 Å². The van der Waals surface area contributed by atoms with Gasteiger partial charge in [0.25, 0.3) is 0 Å². The highest BCUT2D eigenvalue weighted by atomic mass is 35.5. The van der Waals surface area contributed by atoms with Crippen molar-refractivity contribution in [3.8, 4) is 34.5 Å². The van der Waals surface area contributed by atoms with Gasteiger partial charge in [-0.2, -0.15) is 0 Å². The third-order valence-electron chi connectivity index (χ3n) is 19.2. The average molecular weight is 1670 g/mol. The van der Waals surface area contributed by atoms with Crippen molar-refractivity contribution in [3.05, 3.63) is 394 Å². The molecule has 0 aromatic heterocycles. The molecule has 5 N–H and O–H groups in total. The van der Waals surface area contributed by atoms with E-state index < -0.39 is 0 Å². The van der Waals surface area contributed by atoms with E-state index in [0.717, 1.165) is 112 Å². The number of para-hydroxylation sites is 6. The summed E-state index contributed by atoms with van der Waals surface area (Å²) in [5, 5.41) is 21.8. The Bertz CT molecular complexity index is 4120. The SMILES string of the molecule is CN(C)CCC(Cl)c1ccccc1.CNCCC(Oc1ccccc1C)c1ccccc1.CNCC[C@@H](Oc1ccccc1C)c1ccccc1.CNCC[C@@H](Oc1ccccc1C)c1ccccc1.CNCC[C@@H](Oc1ccccc1C)c1ccccc1.Cc1ccccc1O.Cc1ccccc1OC(CCN(C)C)c1ccccc1.Cl.Cl. The van der Waals surface area contributed by atoms with Crippen LogP contribution in [-0.4, -0.2) is 111 Å². The zero-order chi connectivity index (χ0) is 84.0. The largest absolute Gasteiger partial charge is 0.508 e. The smallest absolute Gasteiger partial charge is 0.125 e. The van der Waals surface area contributed by atoms with Gasteiger partial charge in [0.05, 0.1) is 5.38 Å². The van der Waals surface area contributed by atoms with Crippen LogP contribution in [0, 0.1) is 41.5 Å². The molecule has 12 aromatic carbocycles. The number of nitrogens with one attached hydrogen (secondary N) is 4. The number of halogens is 3. The number of nitrogens with zero attached hydrogens (tertiary/aromatic N) is 2. The molecule has 0 spiro atoms. The predicted molar refractivity (Wildman–Crippen MR) is 508 cm³/mol. The summed E-state index contributed by atoms with van der Waals surface area (Å²) in [7, 11) is 16.2. The van der Waals surface area contributed by atoms with Gasteiger partial charge < -0.3 is 59.9 Å². The van der Waals surface area contributed by atoms with Gasteiger partial charge in [0.2, 0.25) is 0 Å². The number of phenolic OH excluding ortho intramolecular Hbond substituents is 1. The lowest BCUT2D eigenvalue weighted by atomic mass is 10.1. The molecule has 0 radical (unpaired) electrons. The normalized spacial score (nSPS) is 11.9. The summed E-state index contributed by atoms with van der Waals surface area (Å²) >= 11 is 6.22. The highest BCUT2D eigenvalue weighted by molar-refractivity contribution is 6.20. The van der Waals surface area contributed by atoms with Gasteiger partial charge in [-0.05, 0) is 240 Å². The fraction of sp³-hybridized carbons (Fsp3) is 0.308. The maximum absolute atomic E-state index is 8.92. The van der Waals surface area contributed by atoms with Crippen molar-refractivity contribution in [2.45, 2.75) is 116 Å². The van der Waals surface area contributed by atoms with Crippen molar-refractivity contribution in [3.63, 3.8) is 0 Å². The molecular weight excluding hydrogens is 1540 g/mol. The van der Waals surface area contributed by atoms with Gasteiger partial charge in [0, 0.05) is 38.6 Å². The van der Waals surface area contributed by atoms with Crippen LogP contribution in [0.2, 0.25) is 0 Å². The Morgan fingerprint density at radius 1 is 0.252 bits per heavy atom. The van der Waals surface area contributed by atoms with Crippen LogP contribution in [-0.2, 0) is 0 Å². The van der Waals surface area contributed by atoms with E-state index in [9.17, 15) is 0 Å². The third-order valence-corrected chi connectivity index (χ3v) is 19.7. The first-order valence-electron chi connectivity index (χ1n) is 41.1. The molecule has 12 aromatic rings. The Morgan fingerprint density at radius 3 is 0.630 bits per heavy atom. The van der Waals surface area contributed by atoms with Crippen molar-refractivity contribution in [2.24, 2.45) is 0 Å². The number of hydrogen-bond acceptors (Lipinski definition) is 12. The van der Waals surface area contributed by atoms with Crippen LogP contribution >= 0.6 is 36.4 Å². The fourth-order valence-corrected chi connectivity index (χ4v) is 12.5. The van der Waals surface area contributed by atoms with Crippen molar-refractivity contribution >= 4 is 36.4 Å². The Hall–Kier alpha value is -9.93. The molecule has 0 heterocycles. The van der Waals surface area contributed by atoms with Crippen LogP contribution in [0.4, 0.5) is 0 Å². The number of hydrogen-bond donors (Lipinski definition) is 5. The van der Waals surface area contributed by atoms with Gasteiger partial charge in [0.1, 0.15) is 65.0 Å². The zero-order valence-electron chi connectivity index (χ0n) is 72.7. The summed E-state index contributed by atoms with van der Waals surface area (Å²) in [5.41, 5.74) is 14.1. The van der Waals surface area contributed by atoms with E-state index in [1.807, 2.05) is 193 Å². The van der Waals surface area contributed by atoms with E-state index in [-0.39, 0.29) is 60.7 Å². The minimum Gasteiger partial charge on any atom is -0.508 e. The van der Waals surface area contributed by atoms with E-state index >= 15 is 0 Å². The predicted octanol–water partition coefficient (Wildman–Crippen LogP) is 24.4. The highest BCUT2D eigenvalue weighted by Gasteiger charge is 2.19. The van der Waals surface area contributed by atoms with Gasteiger partial charge >= 0.3 is 0 Å². The molecular formula is C104H133Cl3N6O6. The van der Waals surface area contributed by atoms with Crippen molar-refractivity contribution < 1.29 is 28.8 Å². The number of ether oxygens (including phenoxy) is 5. The number of benzene rings is 12. The van der Waals surface area contributed by atoms with Crippen LogP contribution in [0.25, 0.3) is 0 Å². The molecule has 636 valence electrons. The topological polar surface area (TPSA) is 121 Å². The Kier molecular flexibility index (Phi) is 51.6. The first-order chi connectivity index (χ1) is 56.9. The molecule has 0 aliphatic heterocycles. The lowest BCUT2D eigenvalue weighted by Crippen LogP contribution is -2.19. The molecule has 3 unspecified atom stereocenters. The molecule has 0 bridgehead atoms. The van der Waals surface area contributed by atoms with Crippen LogP contribution in [0.1, 0.15) is 141 Å². The quantitative estimate of drug-likeness (QED) is 0.0247. The maximum atomic E-state index is 8.92. The monoisotopic (exact) mass is 1670 g/mol. The fourth-order valence-electron chi connectivity index (χ4n) is 12.3. The molecule has 15 heteroatoms. The molecule has 12 nitrogen and oxygen atoms in total. The van der Waals surface area contributed by atoms with E-state index in [1.165, 1.54) is 61.2 Å². The number of alkyl halides is 1. The summed E-state index contributed by atoms with van der Waals surface area (Å²) in [6.45, 7) is 18.1. The minimum atomic E-state index is 0. The van der Waals surface area contributed by atoms with Crippen LogP contribution in [0.5, 0.6) is 34.5 Å². The van der Waals surface area contributed by atoms with Gasteiger partial charge in [0.15, 0.2) is 0 Å². The highest BCUT2D eigenvalue weighted by Crippen LogP contribution is 2.33. The summed E-state index contributed by atoms with van der Waals surface area (Å²) < 4.78 is 31.0. The molecule has 0 saturated heterocycles. The van der Waals surface area contributed by atoms with Gasteiger partial charge in [-0.1, -0.05) is 291 Å².